The van der Waals surface area contributed by atoms with Gasteiger partial charge in [0.15, 0.2) is 6.20 Å². The first-order valence-electron chi connectivity index (χ1n) is 3.82. The molecule has 0 spiro atoms. The van der Waals surface area contributed by atoms with Crippen LogP contribution < -0.4 is 4.57 Å². The van der Waals surface area contributed by atoms with E-state index in [1.54, 1.807) is 12.1 Å². The molecule has 0 saturated heterocycles. The zero-order chi connectivity index (χ0) is 8.55. The van der Waals surface area contributed by atoms with Crippen molar-refractivity contribution in [2.45, 2.75) is 0 Å². The van der Waals surface area contributed by atoms with Gasteiger partial charge in [-0.05, 0) is 12.1 Å². The van der Waals surface area contributed by atoms with Crippen LogP contribution in [0.2, 0.25) is 0 Å². The molecule has 0 radical (unpaired) electrons. The molecule has 0 bridgehead atoms. The normalized spacial score (nSPS) is 10.5. The highest BCUT2D eigenvalue weighted by atomic mass is 19.1. The Labute approximate surface area is 70.1 Å². The van der Waals surface area contributed by atoms with Gasteiger partial charge in [0.05, 0.1) is 5.39 Å². The van der Waals surface area contributed by atoms with Crippen molar-refractivity contribution in [3.63, 3.8) is 0 Å². The number of hydrogen-bond donors (Lipinski definition) is 0. The van der Waals surface area contributed by atoms with E-state index in [1.807, 2.05) is 29.9 Å². The molecule has 1 heterocycles. The Kier molecular flexibility index (Phi) is 1.54. The summed E-state index contributed by atoms with van der Waals surface area (Å²) in [5, 5.41) is 0.669. The fourth-order valence-corrected chi connectivity index (χ4v) is 1.35. The summed E-state index contributed by atoms with van der Waals surface area (Å²) >= 11 is 0. The minimum absolute atomic E-state index is 0.163. The van der Waals surface area contributed by atoms with Crippen molar-refractivity contribution >= 4 is 10.9 Å². The second-order valence-corrected chi connectivity index (χ2v) is 2.79. The summed E-state index contributed by atoms with van der Waals surface area (Å²) in [4.78, 5) is 0. The first-order chi connectivity index (χ1) is 5.79. The summed E-state index contributed by atoms with van der Waals surface area (Å²) in [6.07, 6.45) is 1.90. The van der Waals surface area contributed by atoms with Gasteiger partial charge in [0, 0.05) is 12.1 Å². The van der Waals surface area contributed by atoms with Gasteiger partial charge >= 0.3 is 0 Å². The highest BCUT2D eigenvalue weighted by Gasteiger charge is 2.05. The maximum absolute atomic E-state index is 13.2. The maximum atomic E-state index is 13.2. The van der Waals surface area contributed by atoms with Crippen LogP contribution in [0.5, 0.6) is 0 Å². The Morgan fingerprint density at radius 1 is 1.17 bits per heavy atom. The third-order valence-corrected chi connectivity index (χ3v) is 1.98. The highest BCUT2D eigenvalue weighted by Crippen LogP contribution is 2.12. The summed E-state index contributed by atoms with van der Waals surface area (Å²) in [6.45, 7) is 0. The largest absolute Gasteiger partial charge is 0.215 e. The Morgan fingerprint density at radius 3 is 2.75 bits per heavy atom. The molecule has 12 heavy (non-hydrogen) atoms. The van der Waals surface area contributed by atoms with E-state index in [0.29, 0.717) is 5.39 Å². The molecule has 2 aromatic rings. The van der Waals surface area contributed by atoms with E-state index in [-0.39, 0.29) is 5.82 Å². The minimum atomic E-state index is -0.163. The number of aryl methyl sites for hydroxylation is 1. The molecule has 0 amide bonds. The standard InChI is InChI=1S/C10H9FN/c1-12-7-3-4-8-9(11)5-2-6-10(8)12/h2-7H,1H3/q+1. The molecule has 0 N–H and O–H groups in total. The predicted molar refractivity (Wildman–Crippen MR) is 45.1 cm³/mol. The molecule has 0 aliphatic heterocycles. The smallest absolute Gasteiger partial charge is 0.206 e. The zero-order valence-corrected chi connectivity index (χ0v) is 6.79. The third kappa shape index (κ3) is 0.961. The number of fused-ring (bicyclic) bond motifs is 1. The van der Waals surface area contributed by atoms with Gasteiger partial charge in [-0.3, -0.25) is 0 Å². The lowest BCUT2D eigenvalue weighted by molar-refractivity contribution is -0.644. The van der Waals surface area contributed by atoms with Crippen LogP contribution in [0.1, 0.15) is 0 Å². The lowest BCUT2D eigenvalue weighted by Gasteiger charge is -1.95. The van der Waals surface area contributed by atoms with Gasteiger partial charge < -0.3 is 0 Å². The Balaban J connectivity index is 2.94. The topological polar surface area (TPSA) is 3.88 Å². The van der Waals surface area contributed by atoms with E-state index in [4.69, 9.17) is 0 Å². The van der Waals surface area contributed by atoms with E-state index >= 15 is 0 Å². The Morgan fingerprint density at radius 2 is 2.00 bits per heavy atom. The van der Waals surface area contributed by atoms with E-state index < -0.39 is 0 Å². The second-order valence-electron chi connectivity index (χ2n) is 2.79. The molecule has 0 aliphatic carbocycles. The van der Waals surface area contributed by atoms with Crippen molar-refractivity contribution in [3.8, 4) is 0 Å². The molecule has 1 aromatic carbocycles. The van der Waals surface area contributed by atoms with Crippen LogP contribution >= 0.6 is 0 Å². The van der Waals surface area contributed by atoms with Gasteiger partial charge in [0.2, 0.25) is 5.52 Å². The van der Waals surface area contributed by atoms with Gasteiger partial charge in [-0.1, -0.05) is 6.07 Å². The quantitative estimate of drug-likeness (QED) is 0.520. The average Bonchev–Trinajstić information content (AvgIpc) is 2.07. The molecule has 0 aliphatic rings. The van der Waals surface area contributed by atoms with Crippen molar-refractivity contribution in [3.05, 3.63) is 42.3 Å². The van der Waals surface area contributed by atoms with Crippen molar-refractivity contribution in [2.75, 3.05) is 0 Å². The zero-order valence-electron chi connectivity index (χ0n) is 6.79. The van der Waals surface area contributed by atoms with Gasteiger partial charge in [0.1, 0.15) is 12.9 Å². The van der Waals surface area contributed by atoms with Crippen molar-refractivity contribution in [2.24, 2.45) is 7.05 Å². The molecule has 1 aromatic heterocycles. The SMILES string of the molecule is C[n+]1cccc2c(F)cccc21. The molecule has 0 atom stereocenters. The molecule has 0 fully saturated rings. The fraction of sp³-hybridized carbons (Fsp3) is 0.100. The van der Waals surface area contributed by atoms with Crippen LogP contribution in [-0.4, -0.2) is 0 Å². The van der Waals surface area contributed by atoms with Crippen molar-refractivity contribution < 1.29 is 8.96 Å². The van der Waals surface area contributed by atoms with Crippen molar-refractivity contribution in [1.29, 1.82) is 0 Å². The minimum Gasteiger partial charge on any atom is -0.206 e. The predicted octanol–water partition coefficient (Wildman–Crippen LogP) is 1.80. The first kappa shape index (κ1) is 7.22. The second kappa shape index (κ2) is 2.55. The van der Waals surface area contributed by atoms with E-state index in [1.165, 1.54) is 6.07 Å². The molecule has 2 heteroatoms. The summed E-state index contributed by atoms with van der Waals surface area (Å²) in [5.41, 5.74) is 0.914. The van der Waals surface area contributed by atoms with Crippen LogP contribution in [0.15, 0.2) is 36.5 Å². The van der Waals surface area contributed by atoms with Gasteiger partial charge in [-0.15, -0.1) is 0 Å². The summed E-state index contributed by atoms with van der Waals surface area (Å²) in [6, 6.07) is 8.72. The van der Waals surface area contributed by atoms with E-state index in [9.17, 15) is 4.39 Å². The number of rotatable bonds is 0. The van der Waals surface area contributed by atoms with E-state index in [2.05, 4.69) is 0 Å². The molecule has 0 unspecified atom stereocenters. The van der Waals surface area contributed by atoms with Gasteiger partial charge in [0.25, 0.3) is 0 Å². The van der Waals surface area contributed by atoms with Crippen LogP contribution in [0.4, 0.5) is 4.39 Å². The molecule has 1 nitrogen and oxygen atoms in total. The molecule has 2 rings (SSSR count). The van der Waals surface area contributed by atoms with Crippen LogP contribution in [0.25, 0.3) is 10.9 Å². The Bertz CT molecular complexity index is 382. The summed E-state index contributed by atoms with van der Waals surface area (Å²) < 4.78 is 15.1. The fourth-order valence-electron chi connectivity index (χ4n) is 1.35. The average molecular weight is 162 g/mol. The number of aromatic nitrogens is 1. The summed E-state index contributed by atoms with van der Waals surface area (Å²) in [7, 11) is 1.90. The van der Waals surface area contributed by atoms with Gasteiger partial charge in [-0.2, -0.15) is 0 Å². The maximum Gasteiger partial charge on any atom is 0.215 e. The first-order valence-corrected chi connectivity index (χ1v) is 3.82. The highest BCUT2D eigenvalue weighted by molar-refractivity contribution is 5.75. The number of hydrogen-bond acceptors (Lipinski definition) is 0. The number of benzene rings is 1. The Hall–Kier alpha value is -1.44. The lowest BCUT2D eigenvalue weighted by Crippen LogP contribution is -2.27. The molecular weight excluding hydrogens is 153 g/mol. The molecular formula is C10H9FN+. The van der Waals surface area contributed by atoms with Gasteiger partial charge in [-0.25, -0.2) is 8.96 Å². The number of pyridine rings is 1. The summed E-state index contributed by atoms with van der Waals surface area (Å²) in [5.74, 6) is -0.163. The molecule has 60 valence electrons. The monoisotopic (exact) mass is 162 g/mol. The number of halogens is 1. The van der Waals surface area contributed by atoms with Crippen LogP contribution in [0.3, 0.4) is 0 Å². The van der Waals surface area contributed by atoms with E-state index in [0.717, 1.165) is 5.52 Å². The lowest BCUT2D eigenvalue weighted by atomic mass is 10.2. The van der Waals surface area contributed by atoms with Crippen LogP contribution in [0, 0.1) is 5.82 Å². The molecule has 0 saturated carbocycles. The number of nitrogens with zero attached hydrogens (tertiary/aromatic N) is 1. The van der Waals surface area contributed by atoms with Crippen LogP contribution in [-0.2, 0) is 7.05 Å². The van der Waals surface area contributed by atoms with Crippen molar-refractivity contribution in [1.82, 2.24) is 0 Å². The third-order valence-electron chi connectivity index (χ3n) is 1.98.